The van der Waals surface area contributed by atoms with E-state index in [2.05, 4.69) is 13.8 Å². The van der Waals surface area contributed by atoms with E-state index in [-0.39, 0.29) is 18.7 Å². The fourth-order valence-electron chi connectivity index (χ4n) is 3.32. The zero-order chi connectivity index (χ0) is 19.3. The van der Waals surface area contributed by atoms with Crippen molar-refractivity contribution in [1.29, 1.82) is 0 Å². The SMILES string of the molecule is CCCCCCCCCCCCCCCC[C@H](CO)OC(=O)CCCC. The van der Waals surface area contributed by atoms with Crippen molar-refractivity contribution in [2.45, 2.75) is 136 Å². The second-order valence-electron chi connectivity index (χ2n) is 7.78. The van der Waals surface area contributed by atoms with Crippen molar-refractivity contribution in [3.8, 4) is 0 Å². The molecular formula is C23H46O3. The smallest absolute Gasteiger partial charge is 0.306 e. The van der Waals surface area contributed by atoms with Gasteiger partial charge in [-0.3, -0.25) is 4.79 Å². The molecule has 0 aliphatic carbocycles. The molecule has 156 valence electrons. The number of carbonyl (C=O) groups is 1. The Kier molecular flexibility index (Phi) is 20.3. The Morgan fingerprint density at radius 2 is 1.12 bits per heavy atom. The van der Waals surface area contributed by atoms with Crippen molar-refractivity contribution < 1.29 is 14.6 Å². The topological polar surface area (TPSA) is 46.5 Å². The van der Waals surface area contributed by atoms with Gasteiger partial charge in [0.05, 0.1) is 6.61 Å². The Balaban J connectivity index is 3.32. The first-order valence-corrected chi connectivity index (χ1v) is 11.5. The summed E-state index contributed by atoms with van der Waals surface area (Å²) in [4.78, 5) is 11.6. The van der Waals surface area contributed by atoms with E-state index in [0.29, 0.717) is 6.42 Å². The minimum absolute atomic E-state index is 0.0453. The first-order valence-electron chi connectivity index (χ1n) is 11.5. The number of aliphatic hydroxyl groups excluding tert-OH is 1. The molecule has 3 heteroatoms. The van der Waals surface area contributed by atoms with Crippen LogP contribution in [0.25, 0.3) is 0 Å². The highest BCUT2D eigenvalue weighted by Gasteiger charge is 2.12. The number of ether oxygens (including phenoxy) is 1. The number of hydrogen-bond donors (Lipinski definition) is 1. The maximum Gasteiger partial charge on any atom is 0.306 e. The first-order chi connectivity index (χ1) is 12.7. The summed E-state index contributed by atoms with van der Waals surface area (Å²) < 4.78 is 5.33. The molecule has 0 aromatic rings. The van der Waals surface area contributed by atoms with Gasteiger partial charge in [-0.25, -0.2) is 0 Å². The van der Waals surface area contributed by atoms with E-state index in [1.807, 2.05) is 0 Å². The van der Waals surface area contributed by atoms with Crippen molar-refractivity contribution in [2.75, 3.05) is 6.61 Å². The average molecular weight is 371 g/mol. The highest BCUT2D eigenvalue weighted by atomic mass is 16.5. The molecule has 26 heavy (non-hydrogen) atoms. The molecule has 0 fully saturated rings. The zero-order valence-corrected chi connectivity index (χ0v) is 17.8. The minimum Gasteiger partial charge on any atom is -0.460 e. The predicted octanol–water partition coefficient (Wildman–Crippen LogP) is 6.95. The summed E-state index contributed by atoms with van der Waals surface area (Å²) in [7, 11) is 0. The Bertz CT molecular complexity index is 291. The predicted molar refractivity (Wildman–Crippen MR) is 111 cm³/mol. The van der Waals surface area contributed by atoms with Crippen LogP contribution in [0, 0.1) is 0 Å². The van der Waals surface area contributed by atoms with Crippen molar-refractivity contribution in [1.82, 2.24) is 0 Å². The van der Waals surface area contributed by atoms with Crippen LogP contribution in [0.3, 0.4) is 0 Å². The average Bonchev–Trinajstić information content (AvgIpc) is 2.65. The number of hydrogen-bond acceptors (Lipinski definition) is 3. The molecule has 3 nitrogen and oxygen atoms in total. The highest BCUT2D eigenvalue weighted by molar-refractivity contribution is 5.69. The van der Waals surface area contributed by atoms with Gasteiger partial charge in [0.25, 0.3) is 0 Å². The molecule has 0 saturated heterocycles. The van der Waals surface area contributed by atoms with Gasteiger partial charge in [0.15, 0.2) is 0 Å². The van der Waals surface area contributed by atoms with Crippen LogP contribution < -0.4 is 0 Å². The number of esters is 1. The zero-order valence-electron chi connectivity index (χ0n) is 17.8. The lowest BCUT2D eigenvalue weighted by atomic mass is 10.0. The first kappa shape index (κ1) is 25.4. The number of aliphatic hydroxyl groups is 1. The van der Waals surface area contributed by atoms with Crippen LogP contribution in [0.5, 0.6) is 0 Å². The normalized spacial score (nSPS) is 12.3. The molecule has 0 aliphatic heterocycles. The van der Waals surface area contributed by atoms with Crippen LogP contribution in [0.2, 0.25) is 0 Å². The molecule has 0 unspecified atom stereocenters. The molecule has 0 amide bonds. The molecule has 0 spiro atoms. The van der Waals surface area contributed by atoms with Crippen molar-refractivity contribution in [3.05, 3.63) is 0 Å². The monoisotopic (exact) mass is 370 g/mol. The number of unbranched alkanes of at least 4 members (excludes halogenated alkanes) is 14. The van der Waals surface area contributed by atoms with Gasteiger partial charge in [0.2, 0.25) is 0 Å². The Morgan fingerprint density at radius 1 is 0.692 bits per heavy atom. The maximum atomic E-state index is 11.6. The van der Waals surface area contributed by atoms with Gasteiger partial charge in [-0.05, 0) is 19.3 Å². The van der Waals surface area contributed by atoms with Gasteiger partial charge in [-0.2, -0.15) is 0 Å². The summed E-state index contributed by atoms with van der Waals surface area (Å²) >= 11 is 0. The lowest BCUT2D eigenvalue weighted by Gasteiger charge is -2.15. The third kappa shape index (κ3) is 18.2. The van der Waals surface area contributed by atoms with Crippen molar-refractivity contribution in [3.63, 3.8) is 0 Å². The molecule has 0 heterocycles. The van der Waals surface area contributed by atoms with Crippen LogP contribution in [-0.4, -0.2) is 23.8 Å². The van der Waals surface area contributed by atoms with Gasteiger partial charge in [0, 0.05) is 6.42 Å². The van der Waals surface area contributed by atoms with Gasteiger partial charge >= 0.3 is 5.97 Å². The van der Waals surface area contributed by atoms with Crippen molar-refractivity contribution >= 4 is 5.97 Å². The molecule has 0 aromatic carbocycles. The van der Waals surface area contributed by atoms with E-state index in [1.54, 1.807) is 0 Å². The summed E-state index contributed by atoms with van der Waals surface area (Å²) in [6, 6.07) is 0. The van der Waals surface area contributed by atoms with Gasteiger partial charge in [-0.15, -0.1) is 0 Å². The van der Waals surface area contributed by atoms with Crippen molar-refractivity contribution in [2.24, 2.45) is 0 Å². The van der Waals surface area contributed by atoms with E-state index >= 15 is 0 Å². The number of rotatable bonds is 20. The highest BCUT2D eigenvalue weighted by Crippen LogP contribution is 2.14. The fraction of sp³-hybridized carbons (Fsp3) is 0.957. The maximum absolute atomic E-state index is 11.6. The molecule has 1 atom stereocenters. The Hall–Kier alpha value is -0.570. The Morgan fingerprint density at radius 3 is 1.54 bits per heavy atom. The summed E-state index contributed by atoms with van der Waals surface area (Å²) in [6.07, 6.45) is 21.6. The summed E-state index contributed by atoms with van der Waals surface area (Å²) in [5, 5.41) is 9.33. The third-order valence-electron chi connectivity index (χ3n) is 5.12. The summed E-state index contributed by atoms with van der Waals surface area (Å²) in [5.41, 5.74) is 0. The Labute approximate surface area is 163 Å². The molecule has 0 saturated carbocycles. The minimum atomic E-state index is -0.295. The van der Waals surface area contributed by atoms with Gasteiger partial charge < -0.3 is 9.84 Å². The molecule has 1 N–H and O–H groups in total. The van der Waals surface area contributed by atoms with E-state index in [0.717, 1.165) is 25.7 Å². The van der Waals surface area contributed by atoms with Crippen LogP contribution in [0.1, 0.15) is 129 Å². The molecule has 0 radical (unpaired) electrons. The van der Waals surface area contributed by atoms with Gasteiger partial charge in [-0.1, -0.05) is 104 Å². The van der Waals surface area contributed by atoms with E-state index in [1.165, 1.54) is 83.5 Å². The van der Waals surface area contributed by atoms with E-state index in [4.69, 9.17) is 4.74 Å². The standard InChI is InChI=1S/C23H46O3/c1-3-5-7-8-9-10-11-12-13-14-15-16-17-18-19-22(21-24)26-23(25)20-6-4-2/h22,24H,3-21H2,1-2H3/t22-/m1/s1. The molecular weight excluding hydrogens is 324 g/mol. The van der Waals surface area contributed by atoms with Crippen LogP contribution in [0.15, 0.2) is 0 Å². The lowest BCUT2D eigenvalue weighted by Crippen LogP contribution is -2.21. The fourth-order valence-corrected chi connectivity index (χ4v) is 3.32. The second kappa shape index (κ2) is 20.7. The summed E-state index contributed by atoms with van der Waals surface area (Å²) in [5.74, 6) is -0.156. The molecule has 0 aliphatic rings. The number of carbonyl (C=O) groups excluding carboxylic acids is 1. The van der Waals surface area contributed by atoms with Gasteiger partial charge in [0.1, 0.15) is 6.10 Å². The quantitative estimate of drug-likeness (QED) is 0.186. The lowest BCUT2D eigenvalue weighted by molar-refractivity contribution is -0.151. The van der Waals surface area contributed by atoms with Crippen LogP contribution >= 0.6 is 0 Å². The second-order valence-corrected chi connectivity index (χ2v) is 7.78. The van der Waals surface area contributed by atoms with Crippen LogP contribution in [-0.2, 0) is 9.53 Å². The van der Waals surface area contributed by atoms with Crippen LogP contribution in [0.4, 0.5) is 0 Å². The van der Waals surface area contributed by atoms with E-state index < -0.39 is 0 Å². The molecule has 0 rings (SSSR count). The molecule has 0 aromatic heterocycles. The van der Waals surface area contributed by atoms with E-state index in [9.17, 15) is 9.90 Å². The molecule has 0 bridgehead atoms. The summed E-state index contributed by atoms with van der Waals surface area (Å²) in [6.45, 7) is 4.29. The third-order valence-corrected chi connectivity index (χ3v) is 5.12. The largest absolute Gasteiger partial charge is 0.460 e.